The van der Waals surface area contributed by atoms with Crippen molar-refractivity contribution in [1.29, 1.82) is 0 Å². The number of amides is 1. The molecule has 164 valence electrons. The standard InChI is InChI=1S/C20H26Cl2N6O.HI/c1-3-23-20(26-12-16-10-17(21)19(22)27(16)2)25-11-14-4-6-15(7-5-14)28-9-8-24-18(29)13-28;/h4-7,10H,3,8-9,11-13H2,1-2H3,(H,24,29)(H2,23,25,26);1H. The minimum atomic E-state index is 0. The number of carbonyl (C=O) groups excluding carboxylic acids is 1. The van der Waals surface area contributed by atoms with Gasteiger partial charge in [0.25, 0.3) is 0 Å². The number of hydrogen-bond donors (Lipinski definition) is 3. The molecule has 3 rings (SSSR count). The Morgan fingerprint density at radius 2 is 1.97 bits per heavy atom. The van der Waals surface area contributed by atoms with E-state index in [1.54, 1.807) is 0 Å². The SMILES string of the molecule is CCNC(=NCc1ccc(N2CCNC(=O)C2)cc1)NCc1cc(Cl)c(Cl)n1C.I. The first kappa shape index (κ1) is 24.6. The maximum absolute atomic E-state index is 11.6. The van der Waals surface area contributed by atoms with Crippen LogP contribution in [0.25, 0.3) is 0 Å². The van der Waals surface area contributed by atoms with Gasteiger partial charge in [0.05, 0.1) is 24.7 Å². The first-order valence-corrected chi connectivity index (χ1v) is 10.4. The third-order valence-electron chi connectivity index (χ3n) is 4.76. The summed E-state index contributed by atoms with van der Waals surface area (Å²) in [7, 11) is 1.88. The number of anilines is 1. The molecule has 0 radical (unpaired) electrons. The summed E-state index contributed by atoms with van der Waals surface area (Å²) in [4.78, 5) is 18.3. The zero-order valence-corrected chi connectivity index (χ0v) is 20.9. The number of guanidine groups is 1. The maximum Gasteiger partial charge on any atom is 0.239 e. The van der Waals surface area contributed by atoms with Crippen molar-refractivity contribution in [3.8, 4) is 0 Å². The Kier molecular flexibility index (Phi) is 9.57. The summed E-state index contributed by atoms with van der Waals surface area (Å²) in [5.74, 6) is 0.782. The van der Waals surface area contributed by atoms with Crippen molar-refractivity contribution in [3.05, 3.63) is 51.8 Å². The van der Waals surface area contributed by atoms with Gasteiger partial charge in [0.1, 0.15) is 5.15 Å². The zero-order valence-electron chi connectivity index (χ0n) is 17.0. The fourth-order valence-corrected chi connectivity index (χ4v) is 3.53. The number of rotatable bonds is 6. The Hall–Kier alpha value is -1.65. The van der Waals surface area contributed by atoms with E-state index in [4.69, 9.17) is 23.2 Å². The normalized spacial score (nSPS) is 14.2. The molecule has 3 N–H and O–H groups in total. The summed E-state index contributed by atoms with van der Waals surface area (Å²) in [5, 5.41) is 10.5. The molecule has 30 heavy (non-hydrogen) atoms. The van der Waals surface area contributed by atoms with Crippen LogP contribution in [0.3, 0.4) is 0 Å². The van der Waals surface area contributed by atoms with E-state index in [9.17, 15) is 4.79 Å². The molecule has 1 aliphatic rings. The van der Waals surface area contributed by atoms with Gasteiger partial charge >= 0.3 is 0 Å². The Balaban J connectivity index is 0.00000320. The predicted molar refractivity (Wildman–Crippen MR) is 134 cm³/mol. The molecule has 1 aromatic heterocycles. The Morgan fingerprint density at radius 3 is 2.57 bits per heavy atom. The van der Waals surface area contributed by atoms with Crippen LogP contribution in [0.4, 0.5) is 5.69 Å². The van der Waals surface area contributed by atoms with Crippen molar-refractivity contribution in [2.45, 2.75) is 20.0 Å². The van der Waals surface area contributed by atoms with E-state index in [-0.39, 0.29) is 29.9 Å². The number of aliphatic imine (C=N–C) groups is 1. The van der Waals surface area contributed by atoms with Crippen molar-refractivity contribution in [2.24, 2.45) is 12.0 Å². The lowest BCUT2D eigenvalue weighted by Crippen LogP contribution is -2.47. The van der Waals surface area contributed by atoms with Gasteiger partial charge in [0.15, 0.2) is 5.96 Å². The molecule has 1 aromatic carbocycles. The van der Waals surface area contributed by atoms with E-state index in [0.29, 0.717) is 36.4 Å². The molecule has 2 heterocycles. The zero-order chi connectivity index (χ0) is 20.8. The van der Waals surface area contributed by atoms with E-state index in [2.05, 4.69) is 25.8 Å². The molecule has 0 aliphatic carbocycles. The highest BCUT2D eigenvalue weighted by Gasteiger charge is 2.16. The second-order valence-corrected chi connectivity index (χ2v) is 7.59. The van der Waals surface area contributed by atoms with Crippen LogP contribution >= 0.6 is 47.2 Å². The summed E-state index contributed by atoms with van der Waals surface area (Å²) in [6.07, 6.45) is 0. The topological polar surface area (TPSA) is 73.7 Å². The van der Waals surface area contributed by atoms with E-state index in [1.165, 1.54) is 0 Å². The lowest BCUT2D eigenvalue weighted by molar-refractivity contribution is -0.120. The lowest BCUT2D eigenvalue weighted by atomic mass is 10.2. The molecule has 1 aliphatic heterocycles. The molecule has 0 bridgehead atoms. The van der Waals surface area contributed by atoms with E-state index < -0.39 is 0 Å². The average molecular weight is 565 g/mol. The largest absolute Gasteiger partial charge is 0.360 e. The molecule has 0 spiro atoms. The number of aromatic nitrogens is 1. The van der Waals surface area contributed by atoms with Crippen molar-refractivity contribution >= 4 is 64.7 Å². The lowest BCUT2D eigenvalue weighted by Gasteiger charge is -2.28. The molecule has 0 atom stereocenters. The fraction of sp³-hybridized carbons (Fsp3) is 0.400. The number of hydrogen-bond acceptors (Lipinski definition) is 3. The highest BCUT2D eigenvalue weighted by molar-refractivity contribution is 14.0. The smallest absolute Gasteiger partial charge is 0.239 e. The van der Waals surface area contributed by atoms with Gasteiger partial charge in [-0.05, 0) is 30.7 Å². The molecule has 1 fully saturated rings. The summed E-state index contributed by atoms with van der Waals surface area (Å²) in [5.41, 5.74) is 3.12. The van der Waals surface area contributed by atoms with Crippen molar-refractivity contribution < 1.29 is 4.79 Å². The molecule has 0 saturated carbocycles. The number of benzene rings is 1. The Morgan fingerprint density at radius 1 is 1.23 bits per heavy atom. The number of nitrogens with zero attached hydrogens (tertiary/aromatic N) is 3. The van der Waals surface area contributed by atoms with Crippen LogP contribution in [0.5, 0.6) is 0 Å². The van der Waals surface area contributed by atoms with Crippen LogP contribution in [0, 0.1) is 0 Å². The summed E-state index contributed by atoms with van der Waals surface area (Å²) in [6, 6.07) is 10.0. The van der Waals surface area contributed by atoms with Gasteiger partial charge in [-0.3, -0.25) is 4.79 Å². The van der Waals surface area contributed by atoms with Gasteiger partial charge in [-0.25, -0.2) is 4.99 Å². The van der Waals surface area contributed by atoms with Crippen LogP contribution in [-0.2, 0) is 24.9 Å². The third-order valence-corrected chi connectivity index (χ3v) is 5.60. The minimum absolute atomic E-state index is 0. The Bertz CT molecular complexity index is 884. The maximum atomic E-state index is 11.6. The number of nitrogens with one attached hydrogen (secondary N) is 3. The number of carbonyl (C=O) groups is 1. The molecule has 1 amide bonds. The first-order chi connectivity index (χ1) is 14.0. The summed E-state index contributed by atoms with van der Waals surface area (Å²) >= 11 is 12.2. The highest BCUT2D eigenvalue weighted by Crippen LogP contribution is 2.25. The van der Waals surface area contributed by atoms with E-state index in [0.717, 1.165) is 36.0 Å². The molecular formula is C20H27Cl2IN6O. The van der Waals surface area contributed by atoms with Crippen LogP contribution in [0.2, 0.25) is 10.2 Å². The molecule has 7 nitrogen and oxygen atoms in total. The fourth-order valence-electron chi connectivity index (χ4n) is 3.12. The van der Waals surface area contributed by atoms with Gasteiger partial charge in [-0.1, -0.05) is 35.3 Å². The number of piperazine rings is 1. The van der Waals surface area contributed by atoms with Crippen molar-refractivity contribution in [3.63, 3.8) is 0 Å². The molecule has 0 unspecified atom stereocenters. The van der Waals surface area contributed by atoms with Gasteiger partial charge < -0.3 is 25.4 Å². The summed E-state index contributed by atoms with van der Waals surface area (Å²) < 4.78 is 1.85. The summed E-state index contributed by atoms with van der Waals surface area (Å²) in [6.45, 7) is 5.80. The van der Waals surface area contributed by atoms with Crippen molar-refractivity contribution in [2.75, 3.05) is 31.1 Å². The van der Waals surface area contributed by atoms with Gasteiger partial charge in [-0.15, -0.1) is 24.0 Å². The molecular weight excluding hydrogens is 538 g/mol. The molecule has 2 aromatic rings. The highest BCUT2D eigenvalue weighted by atomic mass is 127. The number of halogens is 3. The predicted octanol–water partition coefficient (Wildman–Crippen LogP) is 3.14. The van der Waals surface area contributed by atoms with Gasteiger partial charge in [0, 0.05) is 38.1 Å². The van der Waals surface area contributed by atoms with Crippen LogP contribution in [0.15, 0.2) is 35.3 Å². The van der Waals surface area contributed by atoms with Crippen molar-refractivity contribution in [1.82, 2.24) is 20.5 Å². The first-order valence-electron chi connectivity index (χ1n) is 9.60. The second-order valence-electron chi connectivity index (χ2n) is 6.82. The Labute approximate surface area is 204 Å². The minimum Gasteiger partial charge on any atom is -0.360 e. The monoisotopic (exact) mass is 564 g/mol. The molecule has 1 saturated heterocycles. The van der Waals surface area contributed by atoms with Crippen LogP contribution in [0.1, 0.15) is 18.2 Å². The van der Waals surface area contributed by atoms with E-state index in [1.807, 2.05) is 48.9 Å². The van der Waals surface area contributed by atoms with Gasteiger partial charge in [-0.2, -0.15) is 0 Å². The third kappa shape index (κ3) is 6.42. The van der Waals surface area contributed by atoms with Crippen LogP contribution < -0.4 is 20.9 Å². The quantitative estimate of drug-likeness (QED) is 0.286. The van der Waals surface area contributed by atoms with Gasteiger partial charge in [0.2, 0.25) is 5.91 Å². The molecule has 10 heteroatoms. The van der Waals surface area contributed by atoms with E-state index >= 15 is 0 Å². The average Bonchev–Trinajstić information content (AvgIpc) is 2.97. The van der Waals surface area contributed by atoms with Crippen LogP contribution in [-0.4, -0.2) is 42.6 Å². The second kappa shape index (κ2) is 11.7.